The van der Waals surface area contributed by atoms with E-state index in [1.54, 1.807) is 12.3 Å². The van der Waals surface area contributed by atoms with E-state index < -0.39 is 25.0 Å². The maximum absolute atomic E-state index is 12.5. The molecule has 0 spiro atoms. The van der Waals surface area contributed by atoms with E-state index in [1.807, 2.05) is 6.07 Å². The summed E-state index contributed by atoms with van der Waals surface area (Å²) in [5.41, 5.74) is 0. The molecule has 0 aliphatic heterocycles. The van der Waals surface area contributed by atoms with Crippen molar-refractivity contribution in [3.05, 3.63) is 18.3 Å². The molecular weight excluding hydrogens is 403 g/mol. The third-order valence-electron chi connectivity index (χ3n) is 4.53. The fraction of sp³-hybridized carbons (Fsp3) is 0.722. The van der Waals surface area contributed by atoms with Crippen LogP contribution in [-0.2, 0) is 0 Å². The van der Waals surface area contributed by atoms with E-state index in [9.17, 15) is 8.78 Å². The van der Waals surface area contributed by atoms with Crippen molar-refractivity contribution in [3.8, 4) is 5.75 Å². The van der Waals surface area contributed by atoms with Gasteiger partial charge < -0.3 is 0 Å². The summed E-state index contributed by atoms with van der Waals surface area (Å²) >= 11 is -2.65. The summed E-state index contributed by atoms with van der Waals surface area (Å²) in [4.78, 5) is 4.65. The van der Waals surface area contributed by atoms with E-state index in [0.29, 0.717) is 0 Å². The van der Waals surface area contributed by atoms with E-state index in [0.717, 1.165) is 3.71 Å². The minimum atomic E-state index is -2.77. The van der Waals surface area contributed by atoms with Crippen LogP contribution in [0.2, 0.25) is 13.3 Å². The average molecular weight is 434 g/mol. The first-order valence-electron chi connectivity index (χ1n) is 8.99. The topological polar surface area (TPSA) is 22.1 Å². The number of halogens is 2. The number of hydrogen-bond donors (Lipinski definition) is 0. The molecule has 5 heteroatoms. The van der Waals surface area contributed by atoms with Gasteiger partial charge in [-0.05, 0) is 0 Å². The summed E-state index contributed by atoms with van der Waals surface area (Å²) in [5.74, 6) is 0.274. The van der Waals surface area contributed by atoms with Crippen LogP contribution in [0.3, 0.4) is 0 Å². The van der Waals surface area contributed by atoms with Gasteiger partial charge in [0.25, 0.3) is 0 Å². The molecule has 23 heavy (non-hydrogen) atoms. The van der Waals surface area contributed by atoms with Crippen molar-refractivity contribution in [1.82, 2.24) is 4.98 Å². The molecule has 1 rings (SSSR count). The van der Waals surface area contributed by atoms with Crippen molar-refractivity contribution in [2.24, 2.45) is 0 Å². The number of ether oxygens (including phenoxy) is 1. The Morgan fingerprint density at radius 3 is 1.96 bits per heavy atom. The Kier molecular flexibility index (Phi) is 10.1. The average Bonchev–Trinajstić information content (AvgIpc) is 2.54. The first-order valence-corrected chi connectivity index (χ1v) is 16.5. The SMILES string of the molecule is CCC[CH2][Sn]([CH2]CCC)([CH2]CCC)[c]1cc(OC(F)F)ccn1. The Morgan fingerprint density at radius 1 is 1.00 bits per heavy atom. The van der Waals surface area contributed by atoms with Crippen molar-refractivity contribution >= 4 is 22.1 Å². The molecule has 1 aromatic heterocycles. The summed E-state index contributed by atoms with van der Waals surface area (Å²) in [6.45, 7) is 3.90. The molecule has 0 unspecified atom stereocenters. The van der Waals surface area contributed by atoms with E-state index in [4.69, 9.17) is 0 Å². The molecule has 0 aliphatic rings. The molecule has 0 saturated heterocycles. The van der Waals surface area contributed by atoms with Crippen LogP contribution in [0.25, 0.3) is 0 Å². The summed E-state index contributed by atoms with van der Waals surface area (Å²) in [5, 5.41) is 0. The molecule has 0 fully saturated rings. The number of unbranched alkanes of at least 4 members (excludes halogenated alkanes) is 3. The Labute approximate surface area is 143 Å². The molecule has 0 N–H and O–H groups in total. The Balaban J connectivity index is 3.12. The van der Waals surface area contributed by atoms with Gasteiger partial charge in [-0.25, -0.2) is 0 Å². The van der Waals surface area contributed by atoms with Gasteiger partial charge in [-0.15, -0.1) is 0 Å². The zero-order chi connectivity index (χ0) is 17.1. The molecule has 2 nitrogen and oxygen atoms in total. The molecule has 0 bridgehead atoms. The molecule has 1 heterocycles. The third-order valence-corrected chi connectivity index (χ3v) is 19.6. The van der Waals surface area contributed by atoms with Gasteiger partial charge in [0.2, 0.25) is 0 Å². The van der Waals surface area contributed by atoms with E-state index >= 15 is 0 Å². The second kappa shape index (κ2) is 11.2. The van der Waals surface area contributed by atoms with Crippen LogP contribution in [0.1, 0.15) is 59.3 Å². The summed E-state index contributed by atoms with van der Waals surface area (Å²) in [7, 11) is 0. The van der Waals surface area contributed by atoms with Crippen molar-refractivity contribution in [2.45, 2.75) is 79.2 Å². The van der Waals surface area contributed by atoms with Crippen LogP contribution < -0.4 is 8.45 Å². The van der Waals surface area contributed by atoms with Gasteiger partial charge >= 0.3 is 144 Å². The van der Waals surface area contributed by atoms with Crippen LogP contribution in [-0.4, -0.2) is 30.0 Å². The maximum atomic E-state index is 12.5. The monoisotopic (exact) mass is 435 g/mol. The van der Waals surface area contributed by atoms with Crippen LogP contribution >= 0.6 is 0 Å². The van der Waals surface area contributed by atoms with Gasteiger partial charge in [0, 0.05) is 0 Å². The summed E-state index contributed by atoms with van der Waals surface area (Å²) < 4.78 is 34.6. The second-order valence-electron chi connectivity index (χ2n) is 6.35. The normalized spacial score (nSPS) is 11.9. The van der Waals surface area contributed by atoms with E-state index in [1.165, 1.54) is 51.8 Å². The van der Waals surface area contributed by atoms with Crippen molar-refractivity contribution in [1.29, 1.82) is 0 Å². The molecule has 0 aromatic carbocycles. The number of nitrogens with zero attached hydrogens (tertiary/aromatic N) is 1. The van der Waals surface area contributed by atoms with Gasteiger partial charge in [0.05, 0.1) is 0 Å². The van der Waals surface area contributed by atoms with Crippen molar-refractivity contribution in [2.75, 3.05) is 0 Å². The first kappa shape index (κ1) is 20.7. The fourth-order valence-corrected chi connectivity index (χ4v) is 18.6. The van der Waals surface area contributed by atoms with Crippen molar-refractivity contribution in [3.63, 3.8) is 0 Å². The predicted molar refractivity (Wildman–Crippen MR) is 95.4 cm³/mol. The molecule has 0 radical (unpaired) electrons. The quantitative estimate of drug-likeness (QED) is 0.392. The first-order chi connectivity index (χ1) is 11.1. The van der Waals surface area contributed by atoms with Crippen LogP contribution in [0.4, 0.5) is 8.78 Å². The Hall–Kier alpha value is -0.391. The molecule has 1 aromatic rings. The summed E-state index contributed by atoms with van der Waals surface area (Å²) in [6.07, 6.45) is 8.89. The van der Waals surface area contributed by atoms with Gasteiger partial charge in [0.15, 0.2) is 0 Å². The number of aromatic nitrogens is 1. The van der Waals surface area contributed by atoms with Crippen LogP contribution in [0, 0.1) is 0 Å². The Bertz CT molecular complexity index is 421. The van der Waals surface area contributed by atoms with E-state index in [2.05, 4.69) is 30.5 Å². The zero-order valence-corrected chi connectivity index (χ0v) is 17.6. The summed E-state index contributed by atoms with van der Waals surface area (Å²) in [6, 6.07) is 3.37. The minimum absolute atomic E-state index is 0.274. The molecule has 132 valence electrons. The standard InChI is InChI=1S/C6H4F2NO.3C4H9.Sn/c7-6(8)10-5-1-3-9-4-2-5;3*1-3-4-2;/h1-3,6H;3*1,3-4H2,2H3;. The van der Waals surface area contributed by atoms with Crippen molar-refractivity contribution < 1.29 is 13.5 Å². The zero-order valence-electron chi connectivity index (χ0n) is 14.8. The Morgan fingerprint density at radius 2 is 1.52 bits per heavy atom. The van der Waals surface area contributed by atoms with Gasteiger partial charge in [-0.2, -0.15) is 0 Å². The molecule has 0 amide bonds. The molecular formula is C18H31F2NOSn. The van der Waals surface area contributed by atoms with E-state index in [-0.39, 0.29) is 5.75 Å². The number of pyridine rings is 1. The van der Waals surface area contributed by atoms with Gasteiger partial charge in [-0.1, -0.05) is 0 Å². The fourth-order valence-electron chi connectivity index (χ4n) is 3.18. The number of alkyl halides is 2. The third kappa shape index (κ3) is 6.94. The molecule has 0 saturated carbocycles. The molecule has 0 atom stereocenters. The number of rotatable bonds is 12. The molecule has 0 aliphatic carbocycles. The van der Waals surface area contributed by atoms with Gasteiger partial charge in [-0.3, -0.25) is 0 Å². The van der Waals surface area contributed by atoms with Crippen LogP contribution in [0.15, 0.2) is 18.3 Å². The number of hydrogen-bond acceptors (Lipinski definition) is 2. The predicted octanol–water partition coefficient (Wildman–Crippen LogP) is 5.74. The van der Waals surface area contributed by atoms with Crippen LogP contribution in [0.5, 0.6) is 5.75 Å². The van der Waals surface area contributed by atoms with Gasteiger partial charge in [0.1, 0.15) is 0 Å². The second-order valence-corrected chi connectivity index (χ2v) is 19.4.